The number of allylic oxidation sites excluding steroid dienone is 1. The molecule has 0 spiro atoms. The van der Waals surface area contributed by atoms with Gasteiger partial charge in [-0.2, -0.15) is 5.21 Å². The van der Waals surface area contributed by atoms with Crippen molar-refractivity contribution in [2.75, 3.05) is 0 Å². The van der Waals surface area contributed by atoms with Gasteiger partial charge in [0.05, 0.1) is 12.6 Å². The first-order chi connectivity index (χ1) is 16.7. The molecule has 1 fully saturated rings. The minimum atomic E-state index is -0.0143. The number of benzene rings is 2. The Morgan fingerprint density at radius 2 is 1.82 bits per heavy atom. The van der Waals surface area contributed by atoms with E-state index in [0.29, 0.717) is 12.4 Å². The Hall–Kier alpha value is -3.81. The van der Waals surface area contributed by atoms with Gasteiger partial charge in [-0.25, -0.2) is 9.48 Å². The summed E-state index contributed by atoms with van der Waals surface area (Å²) in [5.41, 5.74) is 4.12. The van der Waals surface area contributed by atoms with Crippen LogP contribution in [0.3, 0.4) is 0 Å². The third-order valence-corrected chi connectivity index (χ3v) is 6.43. The summed E-state index contributed by atoms with van der Waals surface area (Å²) < 4.78 is 3.53. The van der Waals surface area contributed by atoms with Crippen molar-refractivity contribution in [2.24, 2.45) is 0 Å². The third-order valence-electron chi connectivity index (χ3n) is 6.43. The van der Waals surface area contributed by atoms with Crippen molar-refractivity contribution >= 4 is 6.08 Å². The van der Waals surface area contributed by atoms with Gasteiger partial charge in [0.15, 0.2) is 5.82 Å². The Kier molecular flexibility index (Phi) is 6.46. The van der Waals surface area contributed by atoms with Crippen LogP contribution in [0.5, 0.6) is 0 Å². The summed E-state index contributed by atoms with van der Waals surface area (Å²) in [5, 5.41) is 19.0. The first kappa shape index (κ1) is 22.0. The van der Waals surface area contributed by atoms with E-state index >= 15 is 0 Å². The molecule has 1 aliphatic rings. The molecule has 4 aromatic rings. The molecule has 8 nitrogen and oxygen atoms in total. The number of nitrogens with one attached hydrogen (secondary N) is 1. The fourth-order valence-electron chi connectivity index (χ4n) is 4.59. The van der Waals surface area contributed by atoms with Crippen LogP contribution in [-0.4, -0.2) is 35.0 Å². The third kappa shape index (κ3) is 4.62. The molecule has 0 bridgehead atoms. The standard InChI is InChI=1S/C26H29N7O/c1-2-3-12-24-29-33(23-10-5-4-6-11-23)26(34)32(24)18-19-13-15-20(16-14-19)21-8-7-9-22(17-21)25-27-30-31-28-25/h3,7-9,12-17,23H,2,4-6,10-11,18H2,1H3,(H,27,28,30,31)/b12-3+. The van der Waals surface area contributed by atoms with Gasteiger partial charge in [0.2, 0.25) is 5.82 Å². The fourth-order valence-corrected chi connectivity index (χ4v) is 4.59. The van der Waals surface area contributed by atoms with E-state index in [2.05, 4.69) is 64.0 Å². The molecule has 0 saturated heterocycles. The van der Waals surface area contributed by atoms with Crippen LogP contribution in [0, 0.1) is 0 Å². The highest BCUT2D eigenvalue weighted by molar-refractivity contribution is 5.70. The molecule has 0 amide bonds. The van der Waals surface area contributed by atoms with E-state index in [1.807, 2.05) is 24.3 Å². The molecule has 0 unspecified atom stereocenters. The first-order valence-corrected chi connectivity index (χ1v) is 12.0. The normalized spacial score (nSPS) is 14.7. The predicted octanol–water partition coefficient (Wildman–Crippen LogP) is 4.87. The van der Waals surface area contributed by atoms with Crippen molar-refractivity contribution in [3.63, 3.8) is 0 Å². The van der Waals surface area contributed by atoms with Crippen LogP contribution in [-0.2, 0) is 6.54 Å². The number of tetrazole rings is 1. The van der Waals surface area contributed by atoms with E-state index in [0.717, 1.165) is 47.3 Å². The predicted molar refractivity (Wildman–Crippen MR) is 132 cm³/mol. The van der Waals surface area contributed by atoms with Gasteiger partial charge in [-0.1, -0.05) is 74.7 Å². The largest absolute Gasteiger partial charge is 0.346 e. The van der Waals surface area contributed by atoms with Gasteiger partial charge >= 0.3 is 5.69 Å². The van der Waals surface area contributed by atoms with Crippen LogP contribution < -0.4 is 5.69 Å². The Labute approximate surface area is 198 Å². The molecule has 0 aliphatic heterocycles. The Balaban J connectivity index is 1.40. The molecule has 2 aromatic heterocycles. The summed E-state index contributed by atoms with van der Waals surface area (Å²) in [6.07, 6.45) is 10.6. The molecule has 1 aliphatic carbocycles. The molecule has 1 saturated carbocycles. The number of hydrogen-bond acceptors (Lipinski definition) is 5. The van der Waals surface area contributed by atoms with Crippen LogP contribution in [0.4, 0.5) is 0 Å². The monoisotopic (exact) mass is 455 g/mol. The SMILES string of the molecule is CC/C=C/c1nn(C2CCCCC2)c(=O)n1Cc1ccc(-c2cccc(-c3nn[nH]n3)c2)cc1. The van der Waals surface area contributed by atoms with Crippen molar-refractivity contribution in [3.8, 4) is 22.5 Å². The highest BCUT2D eigenvalue weighted by Gasteiger charge is 2.21. The lowest BCUT2D eigenvalue weighted by molar-refractivity contribution is 0.320. The smallest absolute Gasteiger partial charge is 0.271 e. The molecule has 8 heteroatoms. The second-order valence-electron chi connectivity index (χ2n) is 8.79. The average molecular weight is 456 g/mol. The van der Waals surface area contributed by atoms with Crippen LogP contribution >= 0.6 is 0 Å². The molecular weight excluding hydrogens is 426 g/mol. The minimum absolute atomic E-state index is 0.0143. The molecule has 0 radical (unpaired) electrons. The zero-order chi connectivity index (χ0) is 23.3. The Morgan fingerprint density at radius 1 is 1.03 bits per heavy atom. The van der Waals surface area contributed by atoms with Crippen molar-refractivity contribution in [3.05, 3.63) is 76.5 Å². The molecule has 0 atom stereocenters. The number of rotatable bonds is 7. The highest BCUT2D eigenvalue weighted by atomic mass is 16.2. The van der Waals surface area contributed by atoms with E-state index in [-0.39, 0.29) is 11.7 Å². The summed E-state index contributed by atoms with van der Waals surface area (Å²) in [5.74, 6) is 1.30. The minimum Gasteiger partial charge on any atom is -0.271 e. The van der Waals surface area contributed by atoms with Gasteiger partial charge in [-0.05, 0) is 53.3 Å². The number of aromatic amines is 1. The van der Waals surface area contributed by atoms with Crippen molar-refractivity contribution < 1.29 is 0 Å². The quantitative estimate of drug-likeness (QED) is 0.429. The lowest BCUT2D eigenvalue weighted by atomic mass is 9.96. The van der Waals surface area contributed by atoms with Gasteiger partial charge < -0.3 is 0 Å². The summed E-state index contributed by atoms with van der Waals surface area (Å²) in [4.78, 5) is 13.3. The Bertz CT molecular complexity index is 1310. The number of nitrogens with zero attached hydrogens (tertiary/aromatic N) is 6. The maximum Gasteiger partial charge on any atom is 0.346 e. The van der Waals surface area contributed by atoms with Crippen molar-refractivity contribution in [1.29, 1.82) is 0 Å². The molecule has 2 aromatic carbocycles. The van der Waals surface area contributed by atoms with Crippen molar-refractivity contribution in [1.82, 2.24) is 35.0 Å². The number of H-pyrrole nitrogens is 1. The highest BCUT2D eigenvalue weighted by Crippen LogP contribution is 2.27. The topological polar surface area (TPSA) is 94.3 Å². The van der Waals surface area contributed by atoms with Gasteiger partial charge in [-0.3, -0.25) is 4.57 Å². The average Bonchev–Trinajstić information content (AvgIpc) is 3.53. The summed E-state index contributed by atoms with van der Waals surface area (Å²) in [6.45, 7) is 2.58. The van der Waals surface area contributed by atoms with Gasteiger partial charge in [0.1, 0.15) is 0 Å². The van der Waals surface area contributed by atoms with Crippen molar-refractivity contribution in [2.45, 2.75) is 58.0 Å². The fraction of sp³-hybridized carbons (Fsp3) is 0.346. The summed E-state index contributed by atoms with van der Waals surface area (Å²) in [6, 6.07) is 16.6. The van der Waals surface area contributed by atoms with Gasteiger partial charge in [0, 0.05) is 5.56 Å². The van der Waals surface area contributed by atoms with Gasteiger partial charge in [0.25, 0.3) is 0 Å². The second-order valence-corrected chi connectivity index (χ2v) is 8.79. The summed E-state index contributed by atoms with van der Waals surface area (Å²) >= 11 is 0. The molecular formula is C26H29N7O. The maximum atomic E-state index is 13.3. The van der Waals surface area contributed by atoms with Crippen LogP contribution in [0.15, 0.2) is 59.4 Å². The van der Waals surface area contributed by atoms with E-state index in [9.17, 15) is 4.79 Å². The lowest BCUT2D eigenvalue weighted by Gasteiger charge is -2.20. The number of aromatic nitrogens is 7. The molecule has 34 heavy (non-hydrogen) atoms. The number of hydrogen-bond donors (Lipinski definition) is 1. The zero-order valence-electron chi connectivity index (χ0n) is 19.4. The van der Waals surface area contributed by atoms with E-state index < -0.39 is 0 Å². The molecule has 174 valence electrons. The lowest BCUT2D eigenvalue weighted by Crippen LogP contribution is -2.29. The van der Waals surface area contributed by atoms with Crippen LogP contribution in [0.1, 0.15) is 62.9 Å². The maximum absolute atomic E-state index is 13.3. The molecule has 1 N–H and O–H groups in total. The van der Waals surface area contributed by atoms with Gasteiger partial charge in [-0.15, -0.1) is 15.3 Å². The van der Waals surface area contributed by atoms with E-state index in [1.165, 1.54) is 19.3 Å². The summed E-state index contributed by atoms with van der Waals surface area (Å²) in [7, 11) is 0. The second kappa shape index (κ2) is 9.99. The first-order valence-electron chi connectivity index (χ1n) is 12.0. The van der Waals surface area contributed by atoms with Crippen LogP contribution in [0.2, 0.25) is 0 Å². The molecule has 2 heterocycles. The van der Waals surface area contributed by atoms with E-state index in [4.69, 9.17) is 5.10 Å². The van der Waals surface area contributed by atoms with Crippen LogP contribution in [0.25, 0.3) is 28.6 Å². The zero-order valence-corrected chi connectivity index (χ0v) is 19.4. The molecule has 5 rings (SSSR count). The van der Waals surface area contributed by atoms with E-state index in [1.54, 1.807) is 9.25 Å². The Morgan fingerprint density at radius 3 is 2.56 bits per heavy atom.